The summed E-state index contributed by atoms with van der Waals surface area (Å²) in [6, 6.07) is 5.99. The number of amides is 2. The predicted octanol–water partition coefficient (Wildman–Crippen LogP) is 1.86. The molecule has 1 unspecified atom stereocenters. The average molecular weight is 647 g/mol. The molecule has 1 aliphatic rings. The van der Waals surface area contributed by atoms with Crippen molar-refractivity contribution < 1.29 is 32.3 Å². The van der Waals surface area contributed by atoms with E-state index in [4.69, 9.17) is 9.47 Å². The Labute approximate surface area is 265 Å². The molecule has 0 fully saturated rings. The van der Waals surface area contributed by atoms with E-state index in [1.54, 1.807) is 33.0 Å². The first-order valence-corrected chi connectivity index (χ1v) is 16.8. The average Bonchev–Trinajstić information content (AvgIpc) is 3.01. The summed E-state index contributed by atoms with van der Waals surface area (Å²) in [5, 5.41) is 11.5. The van der Waals surface area contributed by atoms with E-state index in [0.29, 0.717) is 42.8 Å². The topological polar surface area (TPSA) is 177 Å². The van der Waals surface area contributed by atoms with Crippen LogP contribution in [0.1, 0.15) is 60.9 Å². The number of pyridine rings is 1. The number of carbonyl (C=O) groups is 3. The van der Waals surface area contributed by atoms with E-state index >= 15 is 0 Å². The van der Waals surface area contributed by atoms with Crippen molar-refractivity contribution in [1.29, 1.82) is 0 Å². The van der Waals surface area contributed by atoms with Gasteiger partial charge in [0.25, 0.3) is 0 Å². The minimum Gasteiger partial charge on any atom is -0.494 e. The molecule has 1 aliphatic heterocycles. The number of sulfonamides is 1. The third kappa shape index (κ3) is 11.3. The van der Waals surface area contributed by atoms with E-state index in [1.807, 2.05) is 6.07 Å². The molecule has 248 valence electrons. The molecule has 0 radical (unpaired) electrons. The molecule has 0 aliphatic carbocycles. The lowest BCUT2D eigenvalue weighted by atomic mass is 10.1. The molecule has 2 aromatic rings. The Morgan fingerprint density at radius 3 is 2.44 bits per heavy atom. The van der Waals surface area contributed by atoms with E-state index in [0.717, 1.165) is 50.8 Å². The molecule has 0 spiro atoms. The van der Waals surface area contributed by atoms with Crippen molar-refractivity contribution in [1.82, 2.24) is 25.7 Å². The summed E-state index contributed by atoms with van der Waals surface area (Å²) in [5.41, 5.74) is 3.03. The molecule has 2 heterocycles. The number of nitrogens with zero attached hydrogens (tertiary/aromatic N) is 1. The molecule has 45 heavy (non-hydrogen) atoms. The molecule has 3 rings (SSSR count). The van der Waals surface area contributed by atoms with Crippen molar-refractivity contribution in [3.63, 3.8) is 0 Å². The lowest BCUT2D eigenvalue weighted by Crippen LogP contribution is -2.49. The molecule has 0 saturated carbocycles. The van der Waals surface area contributed by atoms with Crippen molar-refractivity contribution in [2.24, 2.45) is 0 Å². The fourth-order valence-electron chi connectivity index (χ4n) is 5.08. The van der Waals surface area contributed by atoms with Crippen LogP contribution in [0.5, 0.6) is 5.75 Å². The first-order chi connectivity index (χ1) is 21.5. The van der Waals surface area contributed by atoms with Gasteiger partial charge in [-0.3, -0.25) is 14.4 Å². The first-order valence-electron chi connectivity index (χ1n) is 15.3. The third-order valence-corrected chi connectivity index (χ3v) is 9.08. The Morgan fingerprint density at radius 1 is 1.02 bits per heavy atom. The monoisotopic (exact) mass is 646 g/mol. The Bertz CT molecular complexity index is 1410. The van der Waals surface area contributed by atoms with Crippen LogP contribution in [0.2, 0.25) is 0 Å². The van der Waals surface area contributed by atoms with Gasteiger partial charge in [0.2, 0.25) is 21.8 Å². The molecular formula is C31H46N6O7S. The molecule has 13 nitrogen and oxygen atoms in total. The number of ether oxygens (including phenoxy) is 2. The third-order valence-electron chi connectivity index (χ3n) is 7.31. The summed E-state index contributed by atoms with van der Waals surface area (Å²) < 4.78 is 39.7. The molecule has 0 saturated heterocycles. The zero-order chi connectivity index (χ0) is 32.8. The van der Waals surface area contributed by atoms with Crippen LogP contribution in [0.3, 0.4) is 0 Å². The summed E-state index contributed by atoms with van der Waals surface area (Å²) in [6.07, 6.45) is 5.26. The van der Waals surface area contributed by atoms with Crippen molar-refractivity contribution in [2.75, 3.05) is 45.8 Å². The maximum absolute atomic E-state index is 13.4. The summed E-state index contributed by atoms with van der Waals surface area (Å²) >= 11 is 0. The zero-order valence-electron chi connectivity index (χ0n) is 26.6. The van der Waals surface area contributed by atoms with Gasteiger partial charge in [0, 0.05) is 31.6 Å². The summed E-state index contributed by atoms with van der Waals surface area (Å²) in [6.45, 7) is 4.59. The van der Waals surface area contributed by atoms with Gasteiger partial charge in [-0.15, -0.1) is 0 Å². The number of esters is 1. The molecule has 5 N–H and O–H groups in total. The Balaban J connectivity index is 1.50. The minimum absolute atomic E-state index is 0.00695. The maximum Gasteiger partial charge on any atom is 0.325 e. The number of hydrogen-bond donors (Lipinski definition) is 5. The second-order valence-electron chi connectivity index (χ2n) is 11.0. The minimum atomic E-state index is -4.17. The number of aryl methyl sites for hydroxylation is 4. The van der Waals surface area contributed by atoms with E-state index in [2.05, 4.69) is 37.0 Å². The summed E-state index contributed by atoms with van der Waals surface area (Å²) in [7, 11) is -1.28. The van der Waals surface area contributed by atoms with Gasteiger partial charge < -0.3 is 30.7 Å². The number of methoxy groups -OCH3 is 1. The molecule has 1 aromatic heterocycles. The highest BCUT2D eigenvalue weighted by Gasteiger charge is 2.29. The Morgan fingerprint density at radius 2 is 1.73 bits per heavy atom. The molecule has 2 amide bonds. The van der Waals surface area contributed by atoms with Gasteiger partial charge in [0.05, 0.1) is 25.3 Å². The highest BCUT2D eigenvalue weighted by Crippen LogP contribution is 2.26. The van der Waals surface area contributed by atoms with E-state index in [9.17, 15) is 22.8 Å². The molecular weight excluding hydrogens is 600 g/mol. The smallest absolute Gasteiger partial charge is 0.325 e. The molecule has 0 bridgehead atoms. The Kier molecular flexibility index (Phi) is 14.0. The van der Waals surface area contributed by atoms with Gasteiger partial charge in [-0.05, 0) is 94.3 Å². The quantitative estimate of drug-likeness (QED) is 0.0913. The van der Waals surface area contributed by atoms with Gasteiger partial charge in [0.1, 0.15) is 17.6 Å². The standard InChI is InChI=1S/C31H46N6O7S/c1-21-17-25(44-16-8-12-28(39)35-20-32-3)18-22(2)29(21)45(41,42)37-26(31(40)43-4)19-34-27(38)11-6-5-10-24-14-13-23-9-7-15-33-30(23)36-24/h13-14,17-18,26,32,37H,5-12,15-16,19-20H2,1-4H3,(H,33,36)(H,34,38)(H,35,39). The van der Waals surface area contributed by atoms with Crippen LogP contribution in [0.25, 0.3) is 0 Å². The van der Waals surface area contributed by atoms with Crippen LogP contribution in [0, 0.1) is 13.8 Å². The number of anilines is 1. The SMILES string of the molecule is CNCNC(=O)CCCOc1cc(C)c(S(=O)(=O)NC(CNC(=O)CCCCc2ccc3c(n2)NCCC3)C(=O)OC)c(C)c1. The number of fused-ring (bicyclic) bond motifs is 1. The van der Waals surface area contributed by atoms with Crippen LogP contribution in [-0.4, -0.2) is 77.7 Å². The lowest BCUT2D eigenvalue weighted by Gasteiger charge is -2.20. The number of benzene rings is 1. The normalized spacial score (nSPS) is 13.2. The van der Waals surface area contributed by atoms with Crippen LogP contribution in [0.4, 0.5) is 5.82 Å². The summed E-state index contributed by atoms with van der Waals surface area (Å²) in [5.74, 6) is 0.202. The zero-order valence-corrected chi connectivity index (χ0v) is 27.4. The highest BCUT2D eigenvalue weighted by atomic mass is 32.2. The molecule has 1 atom stereocenters. The van der Waals surface area contributed by atoms with Crippen molar-refractivity contribution in [3.05, 3.63) is 46.6 Å². The van der Waals surface area contributed by atoms with Crippen LogP contribution in [0.15, 0.2) is 29.2 Å². The van der Waals surface area contributed by atoms with E-state index in [-0.39, 0.29) is 36.3 Å². The van der Waals surface area contributed by atoms with Crippen LogP contribution >= 0.6 is 0 Å². The first kappa shape index (κ1) is 35.7. The number of carbonyl (C=O) groups excluding carboxylic acids is 3. The van der Waals surface area contributed by atoms with Gasteiger partial charge in [-0.25, -0.2) is 13.4 Å². The number of rotatable bonds is 18. The highest BCUT2D eigenvalue weighted by molar-refractivity contribution is 7.89. The number of nitrogens with one attached hydrogen (secondary N) is 5. The second kappa shape index (κ2) is 17.7. The maximum atomic E-state index is 13.4. The number of aromatic nitrogens is 1. The largest absolute Gasteiger partial charge is 0.494 e. The van der Waals surface area contributed by atoms with Gasteiger partial charge >= 0.3 is 5.97 Å². The van der Waals surface area contributed by atoms with Crippen LogP contribution < -0.4 is 30.7 Å². The molecule has 1 aromatic carbocycles. The predicted molar refractivity (Wildman–Crippen MR) is 170 cm³/mol. The van der Waals surface area contributed by atoms with Crippen molar-refractivity contribution >= 4 is 33.6 Å². The van der Waals surface area contributed by atoms with E-state index in [1.165, 1.54) is 5.56 Å². The van der Waals surface area contributed by atoms with Crippen molar-refractivity contribution in [3.8, 4) is 5.75 Å². The van der Waals surface area contributed by atoms with Crippen LogP contribution in [-0.2, 0) is 42.0 Å². The fourth-order valence-corrected chi connectivity index (χ4v) is 6.72. The lowest BCUT2D eigenvalue weighted by molar-refractivity contribution is -0.142. The van der Waals surface area contributed by atoms with E-state index < -0.39 is 22.0 Å². The molecule has 14 heteroatoms. The van der Waals surface area contributed by atoms with Crippen molar-refractivity contribution in [2.45, 2.75) is 76.2 Å². The summed E-state index contributed by atoms with van der Waals surface area (Å²) in [4.78, 5) is 41.4. The number of unbranched alkanes of at least 4 members (excludes halogenated alkanes) is 1. The van der Waals surface area contributed by atoms with Gasteiger partial charge in [-0.1, -0.05) is 6.07 Å². The number of hydrogen-bond acceptors (Lipinski definition) is 10. The van der Waals surface area contributed by atoms with Gasteiger partial charge in [-0.2, -0.15) is 4.72 Å². The Hall–Kier alpha value is -3.75. The fraction of sp³-hybridized carbons (Fsp3) is 0.548. The van der Waals surface area contributed by atoms with Gasteiger partial charge in [0.15, 0.2) is 0 Å². The second-order valence-corrected chi connectivity index (χ2v) is 12.7.